The monoisotopic (exact) mass is 879 g/mol. The molecule has 338 valence electrons. The van der Waals surface area contributed by atoms with E-state index in [4.69, 9.17) is 23.7 Å². The summed E-state index contributed by atoms with van der Waals surface area (Å²) in [7, 11) is 0. The summed E-state index contributed by atoms with van der Waals surface area (Å²) in [4.78, 5) is 85.7. The number of fused-ring (bicyclic) bond motifs is 3. The first kappa shape index (κ1) is 44.9. The van der Waals surface area contributed by atoms with Crippen LogP contribution < -0.4 is 5.32 Å². The molecule has 3 aromatic rings. The molecule has 4 bridgehead atoms. The van der Waals surface area contributed by atoms with Crippen molar-refractivity contribution in [2.75, 3.05) is 6.61 Å². The summed E-state index contributed by atoms with van der Waals surface area (Å²) in [6, 6.07) is 21.5. The highest BCUT2D eigenvalue weighted by Crippen LogP contribution is 2.64. The molecule has 1 amide bonds. The number of carbonyl (C=O) groups is 6. The lowest BCUT2D eigenvalue weighted by molar-refractivity contribution is -0.346. The van der Waals surface area contributed by atoms with Crippen molar-refractivity contribution in [2.45, 2.75) is 121 Å². The van der Waals surface area contributed by atoms with E-state index in [-0.39, 0.29) is 54.6 Å². The average Bonchev–Trinajstić information content (AvgIpc) is 3.26. The molecule has 3 aliphatic carbocycles. The minimum atomic E-state index is -2.38. The summed E-state index contributed by atoms with van der Waals surface area (Å²) < 4.78 is 31.1. The molecule has 3 fully saturated rings. The smallest absolute Gasteiger partial charge is 0.338 e. The number of hydrogen-bond acceptors (Lipinski definition) is 14. The van der Waals surface area contributed by atoms with Gasteiger partial charge >= 0.3 is 23.9 Å². The lowest BCUT2D eigenvalue weighted by atomic mass is 9.44. The molecule has 11 unspecified atom stereocenters. The normalized spacial score (nSPS) is 34.6. The van der Waals surface area contributed by atoms with Crippen LogP contribution in [0.5, 0.6) is 0 Å². The van der Waals surface area contributed by atoms with Crippen molar-refractivity contribution in [1.29, 1.82) is 0 Å². The predicted molar refractivity (Wildman–Crippen MR) is 225 cm³/mol. The van der Waals surface area contributed by atoms with Crippen molar-refractivity contribution < 1.29 is 67.8 Å². The van der Waals surface area contributed by atoms with Crippen LogP contribution in [0.2, 0.25) is 0 Å². The molecule has 1 spiro atoms. The van der Waals surface area contributed by atoms with Gasteiger partial charge in [0, 0.05) is 37.2 Å². The van der Waals surface area contributed by atoms with Gasteiger partial charge in [-0.15, -0.1) is 0 Å². The van der Waals surface area contributed by atoms with Crippen molar-refractivity contribution in [1.82, 2.24) is 5.32 Å². The van der Waals surface area contributed by atoms with Gasteiger partial charge < -0.3 is 44.3 Å². The molecule has 4 N–H and O–H groups in total. The van der Waals surface area contributed by atoms with Crippen molar-refractivity contribution in [3.05, 3.63) is 118 Å². The Balaban J connectivity index is 1.36. The maximum Gasteiger partial charge on any atom is 0.338 e. The van der Waals surface area contributed by atoms with Gasteiger partial charge in [0.1, 0.15) is 23.9 Å². The Morgan fingerprint density at radius 3 is 2.12 bits per heavy atom. The van der Waals surface area contributed by atoms with Gasteiger partial charge in [0.05, 0.1) is 35.6 Å². The van der Waals surface area contributed by atoms with Crippen molar-refractivity contribution in [3.8, 4) is 0 Å². The number of ketones is 1. The summed E-state index contributed by atoms with van der Waals surface area (Å²) in [6.07, 6.45) is -10.3. The quantitative estimate of drug-likeness (QED) is 0.161. The number of hydrogen-bond donors (Lipinski definition) is 4. The zero-order valence-corrected chi connectivity index (χ0v) is 36.3. The second-order valence-corrected chi connectivity index (χ2v) is 18.4. The highest BCUT2D eigenvalue weighted by atomic mass is 16.6. The van der Waals surface area contributed by atoms with Crippen LogP contribution in [0.25, 0.3) is 0 Å². The maximum atomic E-state index is 15.6. The van der Waals surface area contributed by atoms with Crippen LogP contribution in [0.1, 0.15) is 98.2 Å². The van der Waals surface area contributed by atoms with Crippen molar-refractivity contribution in [3.63, 3.8) is 0 Å². The van der Waals surface area contributed by atoms with E-state index >= 15 is 4.79 Å². The van der Waals surface area contributed by atoms with Crippen LogP contribution in [0, 0.1) is 16.7 Å². The first-order chi connectivity index (χ1) is 30.3. The fraction of sp³-hybridized carbons (Fsp3) is 0.469. The number of nitrogens with one attached hydrogen (secondary N) is 1. The van der Waals surface area contributed by atoms with E-state index < -0.39 is 113 Å². The molecule has 0 aromatic heterocycles. The van der Waals surface area contributed by atoms with Crippen molar-refractivity contribution >= 4 is 35.6 Å². The minimum absolute atomic E-state index is 0.0107. The van der Waals surface area contributed by atoms with Crippen LogP contribution in [0.15, 0.2) is 96.1 Å². The Hall–Kier alpha value is -5.74. The second-order valence-electron chi connectivity index (χ2n) is 18.4. The Morgan fingerprint density at radius 1 is 0.844 bits per heavy atom. The van der Waals surface area contributed by atoms with E-state index in [9.17, 15) is 39.3 Å². The van der Waals surface area contributed by atoms with Crippen LogP contribution >= 0.6 is 0 Å². The molecular formula is C49H53NO14. The first-order valence-corrected chi connectivity index (χ1v) is 21.6. The number of benzene rings is 3. The molecule has 2 heterocycles. The molecule has 8 rings (SSSR count). The first-order valence-electron chi connectivity index (χ1n) is 21.6. The summed E-state index contributed by atoms with van der Waals surface area (Å²) in [5.41, 5.74) is -6.39. The number of esters is 4. The molecule has 2 saturated carbocycles. The molecule has 5 aliphatic rings. The maximum absolute atomic E-state index is 15.6. The van der Waals surface area contributed by atoms with E-state index in [1.165, 1.54) is 19.1 Å². The van der Waals surface area contributed by atoms with Gasteiger partial charge in [0.15, 0.2) is 23.6 Å². The number of aliphatic hydroxyl groups is 3. The Kier molecular flexibility index (Phi) is 11.7. The van der Waals surface area contributed by atoms with E-state index in [2.05, 4.69) is 5.32 Å². The molecule has 11 atom stereocenters. The van der Waals surface area contributed by atoms with E-state index in [0.717, 1.165) is 6.92 Å². The van der Waals surface area contributed by atoms with Crippen LogP contribution in [0.4, 0.5) is 0 Å². The van der Waals surface area contributed by atoms with Crippen molar-refractivity contribution in [2.24, 2.45) is 16.7 Å². The number of amides is 1. The molecule has 2 aliphatic heterocycles. The Morgan fingerprint density at radius 2 is 1.48 bits per heavy atom. The van der Waals surface area contributed by atoms with Crippen LogP contribution in [-0.4, -0.2) is 105 Å². The van der Waals surface area contributed by atoms with E-state index in [0.29, 0.717) is 11.1 Å². The zero-order valence-electron chi connectivity index (χ0n) is 36.3. The zero-order chi connectivity index (χ0) is 45.9. The standard InChI is InChI=1S/C49H53NO14/c1-26-32-24-49(59)42(63-44(57)30-18-10-7-11-19-30)40-47(5,41(55)39(61-27(2)51)36(26)46(49,3)4)33(52)23-34-48(40,25-60-34)64-35(53)22-14-20-28-15-12-13-21-31(28)37(38(54)45(58)62-32)50-43(56)29-16-8-6-9-17-29/h6-13,15-19,21,32-34,37-40,42,52,54,59H,14,20,22-25H2,1-5H3,(H,50,56). The average molecular weight is 880 g/mol. The van der Waals surface area contributed by atoms with Gasteiger partial charge in [-0.05, 0) is 73.2 Å². The van der Waals surface area contributed by atoms with Gasteiger partial charge in [-0.25, -0.2) is 9.59 Å². The predicted octanol–water partition coefficient (Wildman–Crippen LogP) is 4.05. The third kappa shape index (κ3) is 7.22. The molecule has 0 radical (unpaired) electrons. The lowest BCUT2D eigenvalue weighted by Crippen LogP contribution is -2.82. The highest BCUT2D eigenvalue weighted by Gasteiger charge is 2.78. The molecule has 64 heavy (non-hydrogen) atoms. The summed E-state index contributed by atoms with van der Waals surface area (Å²) in [6.45, 7) is 6.92. The number of carbonyl (C=O) groups excluding carboxylic acids is 6. The number of rotatable bonds is 5. The van der Waals surface area contributed by atoms with E-state index in [1.54, 1.807) is 93.6 Å². The minimum Gasteiger partial charge on any atom is -0.456 e. The number of Topliss-reactive ketones (excluding diaryl/α,β-unsaturated/α-hetero) is 1. The van der Waals surface area contributed by atoms with E-state index in [1.807, 2.05) is 0 Å². The van der Waals surface area contributed by atoms with Gasteiger partial charge in [-0.2, -0.15) is 0 Å². The lowest BCUT2D eigenvalue weighted by Gasteiger charge is -2.67. The third-order valence-electron chi connectivity index (χ3n) is 14.5. The van der Waals surface area contributed by atoms with Crippen LogP contribution in [0.3, 0.4) is 0 Å². The van der Waals surface area contributed by atoms with Gasteiger partial charge in [-0.3, -0.25) is 19.2 Å². The largest absolute Gasteiger partial charge is 0.456 e. The molecule has 1 saturated heterocycles. The summed E-state index contributed by atoms with van der Waals surface area (Å²) in [5, 5.41) is 40.9. The molecular weight excluding hydrogens is 827 g/mol. The Bertz CT molecular complexity index is 2400. The molecule has 15 nitrogen and oxygen atoms in total. The fourth-order valence-corrected chi connectivity index (χ4v) is 11.0. The van der Waals surface area contributed by atoms with Gasteiger partial charge in [0.2, 0.25) is 0 Å². The topological polar surface area (TPSA) is 221 Å². The number of aliphatic hydroxyl groups excluding tert-OH is 2. The third-order valence-corrected chi connectivity index (χ3v) is 14.5. The number of ether oxygens (including phenoxy) is 5. The Labute approximate surface area is 370 Å². The van der Waals surface area contributed by atoms with Crippen LogP contribution in [-0.2, 0) is 49.3 Å². The molecule has 15 heteroatoms. The second kappa shape index (κ2) is 16.7. The van der Waals surface area contributed by atoms with Gasteiger partial charge in [-0.1, -0.05) is 74.5 Å². The number of aryl methyl sites for hydroxylation is 1. The highest BCUT2D eigenvalue weighted by molar-refractivity contribution is 5.96. The summed E-state index contributed by atoms with van der Waals surface area (Å²) >= 11 is 0. The molecule has 3 aromatic carbocycles. The fourth-order valence-electron chi connectivity index (χ4n) is 11.0. The summed E-state index contributed by atoms with van der Waals surface area (Å²) in [5.74, 6) is -6.73. The SMILES string of the molecule is CC(=O)OC1C(=O)C2(C)C(O)CC3OCC34OC(=O)CCCc3ccccc3C(NC(=O)c3ccccc3)C(O)C(=O)OC3CC(O)(C(OC(=O)c5ccccc5)C42)C(C)(C)C1=C3C. The van der Waals surface area contributed by atoms with Gasteiger partial charge in [0.25, 0.3) is 5.91 Å².